The zero-order valence-electron chi connectivity index (χ0n) is 8.38. The Hall–Kier alpha value is -1.24. The third-order valence-corrected chi connectivity index (χ3v) is 2.82. The van der Waals surface area contributed by atoms with Crippen molar-refractivity contribution in [1.29, 1.82) is 0 Å². The molecule has 0 bridgehead atoms. The first-order chi connectivity index (χ1) is 7.91. The third-order valence-electron chi connectivity index (χ3n) is 2.48. The molecule has 1 aromatic carbocycles. The van der Waals surface area contributed by atoms with E-state index in [9.17, 15) is 22.4 Å². The van der Waals surface area contributed by atoms with Crippen LogP contribution in [0, 0.1) is 23.3 Å². The summed E-state index contributed by atoms with van der Waals surface area (Å²) in [5.74, 6) is -7.42. The summed E-state index contributed by atoms with van der Waals surface area (Å²) in [5, 5.41) is -0.335. The molecule has 0 spiro atoms. The van der Waals surface area contributed by atoms with Gasteiger partial charge in [-0.3, -0.25) is 4.79 Å². The lowest BCUT2D eigenvalue weighted by molar-refractivity contribution is -0.117. The largest absolute Gasteiger partial charge is 0.308 e. The minimum absolute atomic E-state index is 0.0311. The predicted octanol–water partition coefficient (Wildman–Crippen LogP) is 2.28. The number of carbonyl (C=O) groups excluding carboxylic acids is 1. The Kier molecular flexibility index (Phi) is 3.03. The van der Waals surface area contributed by atoms with Gasteiger partial charge in [0.2, 0.25) is 5.91 Å². The summed E-state index contributed by atoms with van der Waals surface area (Å²) >= 11 is 4.02. The molecule has 2 rings (SSSR count). The van der Waals surface area contributed by atoms with Gasteiger partial charge in [0, 0.05) is 24.3 Å². The maximum Gasteiger partial charge on any atom is 0.228 e. The number of hydrogen-bond donors (Lipinski definition) is 1. The minimum atomic E-state index is -1.92. The number of anilines is 1. The summed E-state index contributed by atoms with van der Waals surface area (Å²) in [6.45, 7) is 0.0311. The van der Waals surface area contributed by atoms with E-state index in [1.807, 2.05) is 0 Å². The summed E-state index contributed by atoms with van der Waals surface area (Å²) in [5.41, 5.74) is -0.594. The molecule has 1 amide bonds. The van der Waals surface area contributed by atoms with E-state index >= 15 is 0 Å². The molecular weight excluding hydrogens is 258 g/mol. The van der Waals surface area contributed by atoms with Gasteiger partial charge in [0.05, 0.1) is 5.69 Å². The number of amides is 1. The fourth-order valence-electron chi connectivity index (χ4n) is 1.68. The first kappa shape index (κ1) is 12.2. The van der Waals surface area contributed by atoms with Crippen LogP contribution in [-0.2, 0) is 4.79 Å². The van der Waals surface area contributed by atoms with Crippen LogP contribution in [0.2, 0.25) is 0 Å². The van der Waals surface area contributed by atoms with Gasteiger partial charge in [-0.25, -0.2) is 17.6 Å². The molecular formula is C10H7F4NOS. The average molecular weight is 265 g/mol. The molecule has 1 aromatic rings. The summed E-state index contributed by atoms with van der Waals surface area (Å²) in [6.07, 6.45) is 0.0448. The molecule has 1 saturated heterocycles. The van der Waals surface area contributed by atoms with E-state index in [0.29, 0.717) is 6.07 Å². The first-order valence-corrected chi connectivity index (χ1v) is 5.25. The lowest BCUT2D eigenvalue weighted by Crippen LogP contribution is -2.26. The molecule has 0 saturated carbocycles. The predicted molar refractivity (Wildman–Crippen MR) is 56.0 cm³/mol. The lowest BCUT2D eigenvalue weighted by Gasteiger charge is -2.17. The molecule has 1 aliphatic rings. The quantitative estimate of drug-likeness (QED) is 0.357. The monoisotopic (exact) mass is 265 g/mol. The Morgan fingerprint density at radius 2 is 1.82 bits per heavy atom. The van der Waals surface area contributed by atoms with E-state index in [2.05, 4.69) is 12.6 Å². The van der Waals surface area contributed by atoms with Crippen LogP contribution in [0.4, 0.5) is 23.2 Å². The number of hydrogen-bond acceptors (Lipinski definition) is 2. The Labute approximate surface area is 99.6 Å². The van der Waals surface area contributed by atoms with E-state index in [-0.39, 0.29) is 18.2 Å². The summed E-state index contributed by atoms with van der Waals surface area (Å²) < 4.78 is 52.1. The molecule has 0 aromatic heterocycles. The van der Waals surface area contributed by atoms with Crippen molar-refractivity contribution < 1.29 is 22.4 Å². The molecule has 1 atom stereocenters. The third kappa shape index (κ3) is 1.99. The molecule has 0 radical (unpaired) electrons. The molecule has 1 aliphatic heterocycles. The maximum absolute atomic E-state index is 13.4. The lowest BCUT2D eigenvalue weighted by atomic mass is 10.2. The molecule has 92 valence electrons. The van der Waals surface area contributed by atoms with Gasteiger partial charge in [-0.1, -0.05) is 0 Å². The van der Waals surface area contributed by atoms with Gasteiger partial charge in [0.25, 0.3) is 0 Å². The van der Waals surface area contributed by atoms with Gasteiger partial charge in [0.15, 0.2) is 23.3 Å². The number of rotatable bonds is 1. The fourth-order valence-corrected chi connectivity index (χ4v) is 2.00. The fraction of sp³-hybridized carbons (Fsp3) is 0.300. The molecule has 1 fully saturated rings. The van der Waals surface area contributed by atoms with Crippen molar-refractivity contribution >= 4 is 24.2 Å². The molecule has 1 heterocycles. The number of nitrogens with zero attached hydrogens (tertiary/aromatic N) is 1. The van der Waals surface area contributed by atoms with Crippen molar-refractivity contribution in [3.05, 3.63) is 29.3 Å². The smallest absolute Gasteiger partial charge is 0.228 e. The molecule has 7 heteroatoms. The zero-order valence-corrected chi connectivity index (χ0v) is 9.28. The average Bonchev–Trinajstić information content (AvgIpc) is 2.60. The van der Waals surface area contributed by atoms with Crippen LogP contribution in [0.25, 0.3) is 0 Å². The van der Waals surface area contributed by atoms with Gasteiger partial charge in [-0.15, -0.1) is 0 Å². The standard InChI is InChI=1S/C10H7F4NOS/c11-5-2-6(9(13)10(14)8(5)12)15-3-4(17)1-7(15)16/h2,4,17H,1,3H2. The van der Waals surface area contributed by atoms with Crippen LogP contribution in [0.15, 0.2) is 6.07 Å². The SMILES string of the molecule is O=C1CC(S)CN1c1cc(F)c(F)c(F)c1F. The van der Waals surface area contributed by atoms with Crippen molar-refractivity contribution in [3.63, 3.8) is 0 Å². The van der Waals surface area contributed by atoms with Crippen LogP contribution in [0.5, 0.6) is 0 Å². The molecule has 17 heavy (non-hydrogen) atoms. The molecule has 0 aliphatic carbocycles. The molecule has 2 nitrogen and oxygen atoms in total. The highest BCUT2D eigenvalue weighted by atomic mass is 32.1. The highest BCUT2D eigenvalue weighted by Gasteiger charge is 2.32. The maximum atomic E-state index is 13.4. The van der Waals surface area contributed by atoms with E-state index in [0.717, 1.165) is 4.90 Å². The summed E-state index contributed by atoms with van der Waals surface area (Å²) in [6, 6.07) is 0.470. The van der Waals surface area contributed by atoms with Gasteiger partial charge in [-0.2, -0.15) is 12.6 Å². The molecule has 1 unspecified atom stereocenters. The van der Waals surface area contributed by atoms with Gasteiger partial charge < -0.3 is 4.90 Å². The second-order valence-corrected chi connectivity index (χ2v) is 4.41. The Morgan fingerprint density at radius 3 is 2.35 bits per heavy atom. The molecule has 0 N–H and O–H groups in total. The normalized spacial score (nSPS) is 20.2. The number of carbonyl (C=O) groups is 1. The van der Waals surface area contributed by atoms with Crippen LogP contribution in [0.1, 0.15) is 6.42 Å². The second kappa shape index (κ2) is 4.21. The Bertz CT molecular complexity index is 494. The van der Waals surface area contributed by atoms with Crippen molar-refractivity contribution in [2.75, 3.05) is 11.4 Å². The van der Waals surface area contributed by atoms with Crippen molar-refractivity contribution in [2.45, 2.75) is 11.7 Å². The van der Waals surface area contributed by atoms with Crippen molar-refractivity contribution in [1.82, 2.24) is 0 Å². The number of halogens is 4. The first-order valence-electron chi connectivity index (χ1n) is 4.73. The van der Waals surface area contributed by atoms with Crippen molar-refractivity contribution in [3.8, 4) is 0 Å². The van der Waals surface area contributed by atoms with Crippen LogP contribution in [-0.4, -0.2) is 17.7 Å². The highest BCUT2D eigenvalue weighted by molar-refractivity contribution is 7.81. The van der Waals surface area contributed by atoms with E-state index in [4.69, 9.17) is 0 Å². The van der Waals surface area contributed by atoms with Crippen molar-refractivity contribution in [2.24, 2.45) is 0 Å². The number of benzene rings is 1. The van der Waals surface area contributed by atoms with Crippen LogP contribution < -0.4 is 4.90 Å². The summed E-state index contributed by atoms with van der Waals surface area (Å²) in [4.78, 5) is 12.3. The van der Waals surface area contributed by atoms with Crippen LogP contribution in [0.3, 0.4) is 0 Å². The summed E-state index contributed by atoms with van der Waals surface area (Å²) in [7, 11) is 0. The van der Waals surface area contributed by atoms with Gasteiger partial charge in [-0.05, 0) is 0 Å². The highest BCUT2D eigenvalue weighted by Crippen LogP contribution is 2.30. The van der Waals surface area contributed by atoms with Gasteiger partial charge >= 0.3 is 0 Å². The van der Waals surface area contributed by atoms with E-state index in [1.54, 1.807) is 0 Å². The van der Waals surface area contributed by atoms with E-state index < -0.39 is 34.9 Å². The van der Waals surface area contributed by atoms with E-state index in [1.165, 1.54) is 0 Å². The Balaban J connectivity index is 2.50. The van der Waals surface area contributed by atoms with Gasteiger partial charge in [0.1, 0.15) is 0 Å². The van der Waals surface area contributed by atoms with Crippen LogP contribution >= 0.6 is 12.6 Å². The zero-order chi connectivity index (χ0) is 12.7. The Morgan fingerprint density at radius 1 is 1.18 bits per heavy atom. The second-order valence-electron chi connectivity index (χ2n) is 3.68. The number of thiol groups is 1. The topological polar surface area (TPSA) is 20.3 Å². The minimum Gasteiger partial charge on any atom is -0.308 e.